The Bertz CT molecular complexity index is 799. The minimum atomic E-state index is -1.05. The largest absolute Gasteiger partial charge is 0.386 e. The van der Waals surface area contributed by atoms with E-state index < -0.39 is 17.3 Å². The zero-order valence-corrected chi connectivity index (χ0v) is 15.7. The fourth-order valence-electron chi connectivity index (χ4n) is 2.81. The molecule has 2 aromatic rings. The molecule has 0 aliphatic rings. The summed E-state index contributed by atoms with van der Waals surface area (Å²) in [7, 11) is 0. The van der Waals surface area contributed by atoms with E-state index in [0.717, 1.165) is 11.1 Å². The van der Waals surface area contributed by atoms with Crippen molar-refractivity contribution in [2.75, 3.05) is 5.32 Å². The van der Waals surface area contributed by atoms with Crippen LogP contribution in [0.5, 0.6) is 0 Å². The number of nitrogens with one attached hydrogen (secondary N) is 1. The SMILES string of the molecule is Cc1cc(F)c(NC(=O)c2cccc(C(C)(C)O)c2)cc1C(C)(C)C. The number of aliphatic hydroxyl groups is 1. The molecule has 0 saturated carbocycles. The summed E-state index contributed by atoms with van der Waals surface area (Å²) in [4.78, 5) is 12.5. The number of aryl methyl sites for hydroxylation is 1. The van der Waals surface area contributed by atoms with E-state index in [1.807, 2.05) is 27.7 Å². The Hall–Kier alpha value is -2.20. The molecule has 25 heavy (non-hydrogen) atoms. The van der Waals surface area contributed by atoms with Crippen LogP contribution in [0.3, 0.4) is 0 Å². The summed E-state index contributed by atoms with van der Waals surface area (Å²) in [5.41, 5.74) is 1.79. The second kappa shape index (κ2) is 6.60. The third kappa shape index (κ3) is 4.45. The first-order chi connectivity index (χ1) is 11.4. The standard InChI is InChI=1S/C21H26FNO2/c1-13-10-17(22)18(12-16(13)20(2,3)4)23-19(24)14-8-7-9-15(11-14)21(5,6)25/h7-12,25H,1-6H3,(H,23,24). The molecular weight excluding hydrogens is 317 g/mol. The number of carbonyl (C=O) groups excluding carboxylic acids is 1. The Morgan fingerprint density at radius 1 is 1.08 bits per heavy atom. The number of carbonyl (C=O) groups is 1. The molecule has 0 aromatic heterocycles. The van der Waals surface area contributed by atoms with E-state index >= 15 is 0 Å². The first-order valence-electron chi connectivity index (χ1n) is 8.34. The van der Waals surface area contributed by atoms with Crippen LogP contribution in [-0.2, 0) is 11.0 Å². The number of hydrogen-bond donors (Lipinski definition) is 2. The smallest absolute Gasteiger partial charge is 0.255 e. The molecule has 134 valence electrons. The third-order valence-corrected chi connectivity index (χ3v) is 4.20. The van der Waals surface area contributed by atoms with Crippen molar-refractivity contribution in [3.05, 3.63) is 64.5 Å². The lowest BCUT2D eigenvalue weighted by molar-refractivity contribution is 0.0785. The number of anilines is 1. The van der Waals surface area contributed by atoms with Crippen LogP contribution in [-0.4, -0.2) is 11.0 Å². The maximum absolute atomic E-state index is 14.3. The van der Waals surface area contributed by atoms with E-state index in [1.54, 1.807) is 44.2 Å². The molecule has 0 heterocycles. The van der Waals surface area contributed by atoms with Gasteiger partial charge in [0.25, 0.3) is 5.91 Å². The van der Waals surface area contributed by atoms with E-state index in [2.05, 4.69) is 5.32 Å². The monoisotopic (exact) mass is 343 g/mol. The Kier molecular flexibility index (Phi) is 5.05. The first kappa shape index (κ1) is 19.1. The summed E-state index contributed by atoms with van der Waals surface area (Å²) in [6, 6.07) is 9.86. The minimum Gasteiger partial charge on any atom is -0.386 e. The summed E-state index contributed by atoms with van der Waals surface area (Å²) in [5.74, 6) is -0.869. The highest BCUT2D eigenvalue weighted by Gasteiger charge is 2.21. The number of rotatable bonds is 3. The summed E-state index contributed by atoms with van der Waals surface area (Å²) in [6.07, 6.45) is 0. The van der Waals surface area contributed by atoms with E-state index in [-0.39, 0.29) is 11.1 Å². The quantitative estimate of drug-likeness (QED) is 0.832. The number of benzene rings is 2. The highest BCUT2D eigenvalue weighted by Crippen LogP contribution is 2.30. The first-order valence-corrected chi connectivity index (χ1v) is 8.34. The van der Waals surface area contributed by atoms with Crippen LogP contribution >= 0.6 is 0 Å². The van der Waals surface area contributed by atoms with Gasteiger partial charge in [-0.15, -0.1) is 0 Å². The van der Waals surface area contributed by atoms with E-state index in [4.69, 9.17) is 0 Å². The maximum Gasteiger partial charge on any atom is 0.255 e. The second-order valence-corrected chi connectivity index (χ2v) is 7.99. The minimum absolute atomic E-state index is 0.155. The van der Waals surface area contributed by atoms with Crippen LogP contribution in [0.4, 0.5) is 10.1 Å². The molecule has 0 aliphatic heterocycles. The maximum atomic E-state index is 14.3. The van der Waals surface area contributed by atoms with Gasteiger partial charge in [-0.2, -0.15) is 0 Å². The molecule has 0 unspecified atom stereocenters. The van der Waals surface area contributed by atoms with Gasteiger partial charge >= 0.3 is 0 Å². The van der Waals surface area contributed by atoms with Gasteiger partial charge in [-0.05, 0) is 67.1 Å². The number of hydrogen-bond acceptors (Lipinski definition) is 2. The van der Waals surface area contributed by atoms with Crippen molar-refractivity contribution in [2.45, 2.75) is 52.6 Å². The number of halogens is 1. The lowest BCUT2D eigenvalue weighted by Gasteiger charge is -2.23. The molecule has 0 spiro atoms. The van der Waals surface area contributed by atoms with E-state index in [9.17, 15) is 14.3 Å². The Labute approximate surface area is 148 Å². The van der Waals surface area contributed by atoms with Gasteiger partial charge in [-0.1, -0.05) is 32.9 Å². The van der Waals surface area contributed by atoms with Crippen molar-refractivity contribution < 1.29 is 14.3 Å². The van der Waals surface area contributed by atoms with Crippen molar-refractivity contribution in [2.24, 2.45) is 0 Å². The topological polar surface area (TPSA) is 49.3 Å². The molecule has 0 bridgehead atoms. The van der Waals surface area contributed by atoms with Gasteiger partial charge in [0.05, 0.1) is 11.3 Å². The Morgan fingerprint density at radius 2 is 1.72 bits per heavy atom. The summed E-state index contributed by atoms with van der Waals surface area (Å²) in [5, 5.41) is 12.7. The molecule has 0 fully saturated rings. The molecule has 0 atom stereocenters. The van der Waals surface area contributed by atoms with Crippen LogP contribution in [0.2, 0.25) is 0 Å². The Morgan fingerprint density at radius 3 is 2.28 bits per heavy atom. The van der Waals surface area contributed by atoms with Gasteiger partial charge in [0.1, 0.15) is 5.82 Å². The zero-order chi connectivity index (χ0) is 19.0. The van der Waals surface area contributed by atoms with Gasteiger partial charge in [0.2, 0.25) is 0 Å². The van der Waals surface area contributed by atoms with Crippen molar-refractivity contribution in [1.82, 2.24) is 0 Å². The van der Waals surface area contributed by atoms with Crippen molar-refractivity contribution in [3.8, 4) is 0 Å². The van der Waals surface area contributed by atoms with Gasteiger partial charge in [0.15, 0.2) is 0 Å². The summed E-state index contributed by atoms with van der Waals surface area (Å²) in [6.45, 7) is 11.3. The van der Waals surface area contributed by atoms with Gasteiger partial charge in [-0.25, -0.2) is 4.39 Å². The van der Waals surface area contributed by atoms with Crippen LogP contribution < -0.4 is 5.32 Å². The van der Waals surface area contributed by atoms with E-state index in [1.165, 1.54) is 6.07 Å². The lowest BCUT2D eigenvalue weighted by atomic mass is 9.84. The third-order valence-electron chi connectivity index (χ3n) is 4.20. The second-order valence-electron chi connectivity index (χ2n) is 7.99. The van der Waals surface area contributed by atoms with Crippen LogP contribution in [0.1, 0.15) is 61.7 Å². The van der Waals surface area contributed by atoms with Crippen LogP contribution in [0.15, 0.2) is 36.4 Å². The normalized spacial score (nSPS) is 12.2. The molecule has 2 N–H and O–H groups in total. The predicted molar refractivity (Wildman–Crippen MR) is 99.5 cm³/mol. The van der Waals surface area contributed by atoms with Gasteiger partial charge < -0.3 is 10.4 Å². The molecule has 2 rings (SSSR count). The molecule has 0 aliphatic carbocycles. The summed E-state index contributed by atoms with van der Waals surface area (Å²) >= 11 is 0. The fourth-order valence-corrected chi connectivity index (χ4v) is 2.81. The molecular formula is C21H26FNO2. The molecule has 2 aromatic carbocycles. The summed E-state index contributed by atoms with van der Waals surface area (Å²) < 4.78 is 14.3. The molecule has 0 saturated heterocycles. The Balaban J connectivity index is 2.36. The molecule has 0 radical (unpaired) electrons. The average molecular weight is 343 g/mol. The predicted octanol–water partition coefficient (Wildman–Crippen LogP) is 4.91. The van der Waals surface area contributed by atoms with Gasteiger partial charge in [0, 0.05) is 5.56 Å². The van der Waals surface area contributed by atoms with Crippen LogP contribution in [0, 0.1) is 12.7 Å². The fraction of sp³-hybridized carbons (Fsp3) is 0.381. The highest BCUT2D eigenvalue weighted by atomic mass is 19.1. The molecule has 1 amide bonds. The van der Waals surface area contributed by atoms with Crippen molar-refractivity contribution in [3.63, 3.8) is 0 Å². The molecule has 4 heteroatoms. The van der Waals surface area contributed by atoms with Crippen LogP contribution in [0.25, 0.3) is 0 Å². The van der Waals surface area contributed by atoms with Crippen molar-refractivity contribution in [1.29, 1.82) is 0 Å². The molecule has 3 nitrogen and oxygen atoms in total. The van der Waals surface area contributed by atoms with Crippen molar-refractivity contribution >= 4 is 11.6 Å². The van der Waals surface area contributed by atoms with Gasteiger partial charge in [-0.3, -0.25) is 4.79 Å². The average Bonchev–Trinajstić information content (AvgIpc) is 2.48. The lowest BCUT2D eigenvalue weighted by Crippen LogP contribution is -2.19. The highest BCUT2D eigenvalue weighted by molar-refractivity contribution is 6.04. The van der Waals surface area contributed by atoms with E-state index in [0.29, 0.717) is 11.1 Å². The zero-order valence-electron chi connectivity index (χ0n) is 15.7. The number of amides is 1.